The third kappa shape index (κ3) is 6.65. The number of carbonyl (C=O) groups is 1. The van der Waals surface area contributed by atoms with E-state index in [4.69, 9.17) is 27.9 Å². The fourth-order valence-electron chi connectivity index (χ4n) is 6.34. The van der Waals surface area contributed by atoms with Gasteiger partial charge in [-0.3, -0.25) is 9.69 Å². The molecule has 0 aliphatic carbocycles. The lowest BCUT2D eigenvalue weighted by molar-refractivity contribution is -0.105. The zero-order valence-corrected chi connectivity index (χ0v) is 26.6. The van der Waals surface area contributed by atoms with Gasteiger partial charge in [0.2, 0.25) is 14.9 Å². The SMILES string of the molecule is CC(OCCC1(c2ccc(Cl)c(Cl)c2)CCCN(C(=O)c2ccccc2)C1)(N1CCC(O)CC1)S(=O)(=O)c1ccccc1. The van der Waals surface area contributed by atoms with Crippen LogP contribution in [0.15, 0.2) is 83.8 Å². The Morgan fingerprint density at radius 3 is 2.28 bits per heavy atom. The second-order valence-electron chi connectivity index (χ2n) is 11.6. The third-order valence-electron chi connectivity index (χ3n) is 8.96. The number of nitrogens with zero attached hydrogens (tertiary/aromatic N) is 2. The number of amides is 1. The summed E-state index contributed by atoms with van der Waals surface area (Å²) < 4.78 is 34.8. The standard InChI is InChI=1S/C33H38Cl2N2O5S/c1-32(37-20-15-27(38)16-21-37,43(40,41)28-11-6-3-7-12-28)42-22-18-33(26-13-14-29(34)30(35)23-26)17-8-19-36(24-33)31(39)25-9-4-2-5-10-25/h2-7,9-14,23,27,38H,8,15-22,24H2,1H3. The van der Waals surface area contributed by atoms with Gasteiger partial charge in [-0.05, 0) is 81.0 Å². The van der Waals surface area contributed by atoms with E-state index >= 15 is 0 Å². The van der Waals surface area contributed by atoms with Crippen LogP contribution in [-0.2, 0) is 20.0 Å². The van der Waals surface area contributed by atoms with Crippen molar-refractivity contribution >= 4 is 38.9 Å². The van der Waals surface area contributed by atoms with E-state index in [1.165, 1.54) is 0 Å². The first kappa shape index (κ1) is 31.9. The number of hydrogen-bond donors (Lipinski definition) is 1. The van der Waals surface area contributed by atoms with Crippen molar-refractivity contribution in [3.63, 3.8) is 0 Å². The van der Waals surface area contributed by atoms with Crippen LogP contribution in [0.1, 0.15) is 54.9 Å². The van der Waals surface area contributed by atoms with E-state index in [1.807, 2.05) is 52.3 Å². The number of benzene rings is 3. The molecular formula is C33H38Cl2N2O5S. The molecule has 2 heterocycles. The molecule has 0 spiro atoms. The van der Waals surface area contributed by atoms with Crippen LogP contribution in [0.25, 0.3) is 0 Å². The highest BCUT2D eigenvalue weighted by atomic mass is 35.5. The van der Waals surface area contributed by atoms with Crippen molar-refractivity contribution in [2.24, 2.45) is 0 Å². The van der Waals surface area contributed by atoms with Gasteiger partial charge in [-0.15, -0.1) is 0 Å². The van der Waals surface area contributed by atoms with Gasteiger partial charge in [0.25, 0.3) is 5.91 Å². The summed E-state index contributed by atoms with van der Waals surface area (Å²) in [6.07, 6.45) is 2.46. The Balaban J connectivity index is 1.45. The number of sulfone groups is 1. The molecule has 1 N–H and O–H groups in total. The van der Waals surface area contributed by atoms with E-state index in [2.05, 4.69) is 0 Å². The molecule has 5 rings (SSSR count). The topological polar surface area (TPSA) is 87.2 Å². The van der Waals surface area contributed by atoms with Gasteiger partial charge >= 0.3 is 0 Å². The lowest BCUT2D eigenvalue weighted by Crippen LogP contribution is -2.57. The van der Waals surface area contributed by atoms with Crippen molar-refractivity contribution in [2.75, 3.05) is 32.8 Å². The van der Waals surface area contributed by atoms with Crippen LogP contribution in [0, 0.1) is 0 Å². The van der Waals surface area contributed by atoms with Crippen LogP contribution in [0.3, 0.4) is 0 Å². The fraction of sp³-hybridized carbons (Fsp3) is 0.424. The number of aliphatic hydroxyl groups is 1. The molecule has 2 unspecified atom stereocenters. The maximum Gasteiger partial charge on any atom is 0.253 e. The minimum atomic E-state index is -3.96. The number of ether oxygens (including phenoxy) is 1. The average molecular weight is 646 g/mol. The minimum Gasteiger partial charge on any atom is -0.393 e. The first-order valence-electron chi connectivity index (χ1n) is 14.7. The highest BCUT2D eigenvalue weighted by Gasteiger charge is 2.48. The maximum atomic E-state index is 14.1. The molecule has 43 heavy (non-hydrogen) atoms. The Morgan fingerprint density at radius 1 is 0.977 bits per heavy atom. The number of halogens is 2. The molecule has 2 saturated heterocycles. The summed E-state index contributed by atoms with van der Waals surface area (Å²) in [6, 6.07) is 23.1. The summed E-state index contributed by atoms with van der Waals surface area (Å²) >= 11 is 12.8. The van der Waals surface area contributed by atoms with Crippen LogP contribution in [0.5, 0.6) is 0 Å². The van der Waals surface area contributed by atoms with E-state index in [9.17, 15) is 18.3 Å². The van der Waals surface area contributed by atoms with Crippen molar-refractivity contribution in [3.05, 3.63) is 100 Å². The lowest BCUT2D eigenvalue weighted by Gasteiger charge is -2.46. The number of hydrogen-bond acceptors (Lipinski definition) is 6. The summed E-state index contributed by atoms with van der Waals surface area (Å²) in [4.78, 5) is 17.4. The second kappa shape index (κ2) is 13.3. The summed E-state index contributed by atoms with van der Waals surface area (Å²) in [6.45, 7) is 3.57. The molecule has 2 aliphatic rings. The van der Waals surface area contributed by atoms with Crippen molar-refractivity contribution in [1.82, 2.24) is 9.80 Å². The number of likely N-dealkylation sites (tertiary alicyclic amines) is 2. The van der Waals surface area contributed by atoms with Gasteiger partial charge in [0, 0.05) is 37.2 Å². The minimum absolute atomic E-state index is 0.0472. The maximum absolute atomic E-state index is 14.1. The van der Waals surface area contributed by atoms with Gasteiger partial charge in [-0.25, -0.2) is 8.42 Å². The van der Waals surface area contributed by atoms with Crippen molar-refractivity contribution < 1.29 is 23.1 Å². The summed E-state index contributed by atoms with van der Waals surface area (Å²) in [5.74, 6) is -0.0472. The Bertz CT molecular complexity index is 1520. The van der Waals surface area contributed by atoms with Gasteiger partial charge in [0.05, 0.1) is 27.7 Å². The smallest absolute Gasteiger partial charge is 0.253 e. The zero-order valence-electron chi connectivity index (χ0n) is 24.3. The predicted octanol–water partition coefficient (Wildman–Crippen LogP) is 6.18. The average Bonchev–Trinajstić information content (AvgIpc) is 3.03. The van der Waals surface area contributed by atoms with E-state index in [-0.39, 0.29) is 17.4 Å². The van der Waals surface area contributed by atoms with E-state index in [0.29, 0.717) is 61.1 Å². The van der Waals surface area contributed by atoms with E-state index in [1.54, 1.807) is 43.3 Å². The van der Waals surface area contributed by atoms with Gasteiger partial charge in [-0.1, -0.05) is 65.7 Å². The fourth-order valence-corrected chi connectivity index (χ4v) is 8.36. The Labute approximate surface area is 264 Å². The largest absolute Gasteiger partial charge is 0.393 e. The molecular weight excluding hydrogens is 607 g/mol. The molecule has 0 saturated carbocycles. The molecule has 2 fully saturated rings. The van der Waals surface area contributed by atoms with Gasteiger partial charge in [-0.2, -0.15) is 0 Å². The van der Waals surface area contributed by atoms with Gasteiger partial charge < -0.3 is 14.7 Å². The lowest BCUT2D eigenvalue weighted by atomic mass is 9.71. The monoisotopic (exact) mass is 644 g/mol. The predicted molar refractivity (Wildman–Crippen MR) is 169 cm³/mol. The highest BCUT2D eigenvalue weighted by Crippen LogP contribution is 2.41. The molecule has 3 aromatic carbocycles. The van der Waals surface area contributed by atoms with Crippen molar-refractivity contribution in [3.8, 4) is 0 Å². The van der Waals surface area contributed by atoms with Crippen LogP contribution in [0.2, 0.25) is 10.0 Å². The Kier molecular flexibility index (Phi) is 9.86. The number of aliphatic hydroxyl groups excluding tert-OH is 1. The van der Waals surface area contributed by atoms with Crippen molar-refractivity contribution in [1.29, 1.82) is 0 Å². The molecule has 2 aliphatic heterocycles. The molecule has 3 aromatic rings. The molecule has 0 bridgehead atoms. The quantitative estimate of drug-likeness (QED) is 0.299. The first-order valence-corrected chi connectivity index (χ1v) is 17.0. The van der Waals surface area contributed by atoms with E-state index in [0.717, 1.165) is 18.4 Å². The number of piperidine rings is 2. The summed E-state index contributed by atoms with van der Waals surface area (Å²) in [7, 11) is -3.96. The Morgan fingerprint density at radius 2 is 1.63 bits per heavy atom. The molecule has 2 atom stereocenters. The molecule has 1 amide bonds. The molecule has 230 valence electrons. The second-order valence-corrected chi connectivity index (χ2v) is 14.7. The van der Waals surface area contributed by atoms with Crippen LogP contribution in [0.4, 0.5) is 0 Å². The Hall–Kier alpha value is -2.46. The van der Waals surface area contributed by atoms with Gasteiger partial charge in [0.15, 0.2) is 0 Å². The third-order valence-corrected chi connectivity index (χ3v) is 12.0. The first-order chi connectivity index (χ1) is 20.6. The highest BCUT2D eigenvalue weighted by molar-refractivity contribution is 7.92. The summed E-state index contributed by atoms with van der Waals surface area (Å²) in [5, 5.41) is 9.36. The molecule has 10 heteroatoms. The van der Waals surface area contributed by atoms with Crippen molar-refractivity contribution in [2.45, 2.75) is 60.5 Å². The normalized spacial score (nSPS) is 21.8. The summed E-state index contributed by atoms with van der Waals surface area (Å²) in [5.41, 5.74) is 1.02. The molecule has 0 aromatic heterocycles. The van der Waals surface area contributed by atoms with Crippen LogP contribution >= 0.6 is 23.2 Å². The zero-order chi connectivity index (χ0) is 30.7. The molecule has 7 nitrogen and oxygen atoms in total. The number of carbonyl (C=O) groups excluding carboxylic acids is 1. The van der Waals surface area contributed by atoms with Crippen LogP contribution in [-0.4, -0.2) is 73.2 Å². The van der Waals surface area contributed by atoms with Gasteiger partial charge in [0.1, 0.15) is 0 Å². The molecule has 0 radical (unpaired) electrons. The van der Waals surface area contributed by atoms with E-state index < -0.39 is 26.4 Å². The van der Waals surface area contributed by atoms with Crippen LogP contribution < -0.4 is 0 Å². The number of rotatable bonds is 9.